The van der Waals surface area contributed by atoms with E-state index in [0.29, 0.717) is 12.0 Å². The van der Waals surface area contributed by atoms with Gasteiger partial charge in [0.2, 0.25) is 0 Å². The zero-order valence-electron chi connectivity index (χ0n) is 12.5. The standard InChI is InChI=1S/C14H23NO4/c1-9-8-14(9,10(16)18-12(2,3)4)15-11(17)19-13(5,6)7/h1,8H2,2-7H3,(H,15,17). The van der Waals surface area contributed by atoms with Crippen LogP contribution in [0.2, 0.25) is 0 Å². The summed E-state index contributed by atoms with van der Waals surface area (Å²) in [7, 11) is 0. The van der Waals surface area contributed by atoms with Gasteiger partial charge in [0.25, 0.3) is 0 Å². The molecular formula is C14H23NO4. The lowest BCUT2D eigenvalue weighted by atomic mass is 10.1. The van der Waals surface area contributed by atoms with Crippen molar-refractivity contribution in [1.29, 1.82) is 0 Å². The number of rotatable bonds is 2. The van der Waals surface area contributed by atoms with Crippen LogP contribution in [0.4, 0.5) is 4.79 Å². The molecule has 5 heteroatoms. The second kappa shape index (κ2) is 4.54. The number of hydrogen-bond acceptors (Lipinski definition) is 4. The highest BCUT2D eigenvalue weighted by molar-refractivity contribution is 5.95. The lowest BCUT2D eigenvalue weighted by molar-refractivity contribution is -0.158. The van der Waals surface area contributed by atoms with Crippen LogP contribution in [0.1, 0.15) is 48.0 Å². The Morgan fingerprint density at radius 1 is 1.11 bits per heavy atom. The van der Waals surface area contributed by atoms with Crippen molar-refractivity contribution in [3.63, 3.8) is 0 Å². The number of carbonyl (C=O) groups excluding carboxylic acids is 2. The molecule has 0 aromatic rings. The van der Waals surface area contributed by atoms with E-state index in [-0.39, 0.29) is 0 Å². The Bertz CT molecular complexity index is 414. The minimum absolute atomic E-state index is 0.390. The molecule has 1 fully saturated rings. The molecule has 19 heavy (non-hydrogen) atoms. The van der Waals surface area contributed by atoms with E-state index in [4.69, 9.17) is 9.47 Å². The number of carbonyl (C=O) groups is 2. The molecule has 1 N–H and O–H groups in total. The topological polar surface area (TPSA) is 64.6 Å². The van der Waals surface area contributed by atoms with Gasteiger partial charge < -0.3 is 14.8 Å². The lowest BCUT2D eigenvalue weighted by Gasteiger charge is -2.26. The number of nitrogens with one attached hydrogen (secondary N) is 1. The fourth-order valence-electron chi connectivity index (χ4n) is 1.52. The molecule has 1 saturated carbocycles. The van der Waals surface area contributed by atoms with Crippen LogP contribution in [0.3, 0.4) is 0 Å². The van der Waals surface area contributed by atoms with Crippen molar-refractivity contribution in [2.75, 3.05) is 0 Å². The zero-order chi connectivity index (χ0) is 15.1. The first kappa shape index (κ1) is 15.5. The van der Waals surface area contributed by atoms with Crippen LogP contribution in [0.15, 0.2) is 12.2 Å². The van der Waals surface area contributed by atoms with Crippen molar-refractivity contribution < 1.29 is 19.1 Å². The molecule has 1 aliphatic rings. The van der Waals surface area contributed by atoms with Gasteiger partial charge in [-0.3, -0.25) is 0 Å². The number of alkyl carbamates (subject to hydrolysis) is 1. The first-order valence-electron chi connectivity index (χ1n) is 6.29. The summed E-state index contributed by atoms with van der Waals surface area (Å²) in [5.41, 5.74) is -1.71. The van der Waals surface area contributed by atoms with Gasteiger partial charge in [-0.2, -0.15) is 0 Å². The summed E-state index contributed by atoms with van der Waals surface area (Å²) < 4.78 is 10.4. The summed E-state index contributed by atoms with van der Waals surface area (Å²) in [5.74, 6) is -0.490. The Kier molecular flexibility index (Phi) is 3.72. The van der Waals surface area contributed by atoms with Gasteiger partial charge in [0.05, 0.1) is 0 Å². The van der Waals surface area contributed by atoms with Crippen LogP contribution in [0.5, 0.6) is 0 Å². The first-order chi connectivity index (χ1) is 8.36. The molecule has 1 amide bonds. The first-order valence-corrected chi connectivity index (χ1v) is 6.29. The molecule has 108 valence electrons. The van der Waals surface area contributed by atoms with E-state index in [0.717, 1.165) is 0 Å². The van der Waals surface area contributed by atoms with E-state index < -0.39 is 28.8 Å². The molecule has 1 aliphatic carbocycles. The molecule has 5 nitrogen and oxygen atoms in total. The smallest absolute Gasteiger partial charge is 0.408 e. The second-order valence-electron chi connectivity index (χ2n) is 6.81. The van der Waals surface area contributed by atoms with Gasteiger partial charge >= 0.3 is 12.1 Å². The maximum atomic E-state index is 12.1. The molecule has 0 radical (unpaired) electrons. The van der Waals surface area contributed by atoms with Crippen molar-refractivity contribution in [1.82, 2.24) is 5.32 Å². The lowest BCUT2D eigenvalue weighted by Crippen LogP contribution is -2.48. The van der Waals surface area contributed by atoms with Gasteiger partial charge in [-0.1, -0.05) is 6.58 Å². The van der Waals surface area contributed by atoms with Crippen molar-refractivity contribution in [2.45, 2.75) is 64.7 Å². The van der Waals surface area contributed by atoms with Gasteiger partial charge in [-0.15, -0.1) is 0 Å². The number of esters is 1. The molecular weight excluding hydrogens is 246 g/mol. The molecule has 0 spiro atoms. The second-order valence-corrected chi connectivity index (χ2v) is 6.81. The summed E-state index contributed by atoms with van der Waals surface area (Å²) in [4.78, 5) is 23.8. The van der Waals surface area contributed by atoms with E-state index in [2.05, 4.69) is 11.9 Å². The Balaban J connectivity index is 2.71. The Labute approximate surface area is 114 Å². The quantitative estimate of drug-likeness (QED) is 0.618. The van der Waals surface area contributed by atoms with E-state index in [9.17, 15) is 9.59 Å². The third-order valence-corrected chi connectivity index (χ3v) is 2.42. The molecule has 0 aliphatic heterocycles. The molecule has 1 rings (SSSR count). The molecule has 1 atom stereocenters. The Morgan fingerprint density at radius 2 is 1.53 bits per heavy atom. The van der Waals surface area contributed by atoms with Crippen LogP contribution in [-0.2, 0) is 14.3 Å². The molecule has 0 heterocycles. The van der Waals surface area contributed by atoms with Gasteiger partial charge in [-0.05, 0) is 47.1 Å². The van der Waals surface area contributed by atoms with Gasteiger partial charge in [0.15, 0.2) is 5.54 Å². The zero-order valence-corrected chi connectivity index (χ0v) is 12.5. The SMILES string of the molecule is C=C1CC1(NC(=O)OC(C)(C)C)C(=O)OC(C)(C)C. The number of amides is 1. The fourth-order valence-corrected chi connectivity index (χ4v) is 1.52. The van der Waals surface area contributed by atoms with Crippen LogP contribution in [-0.4, -0.2) is 28.8 Å². The largest absolute Gasteiger partial charge is 0.458 e. The monoisotopic (exact) mass is 269 g/mol. The van der Waals surface area contributed by atoms with Crippen molar-refractivity contribution in [3.05, 3.63) is 12.2 Å². The molecule has 0 saturated heterocycles. The van der Waals surface area contributed by atoms with Gasteiger partial charge in [-0.25, -0.2) is 9.59 Å². The normalized spacial score (nSPS) is 22.7. The third-order valence-electron chi connectivity index (χ3n) is 2.42. The maximum absolute atomic E-state index is 12.1. The molecule has 1 unspecified atom stereocenters. The van der Waals surface area contributed by atoms with Crippen LogP contribution in [0, 0.1) is 0 Å². The number of hydrogen-bond donors (Lipinski definition) is 1. The molecule has 0 aromatic carbocycles. The van der Waals surface area contributed by atoms with E-state index in [1.54, 1.807) is 41.5 Å². The summed E-state index contributed by atoms with van der Waals surface area (Å²) >= 11 is 0. The van der Waals surface area contributed by atoms with Gasteiger partial charge in [0.1, 0.15) is 11.2 Å². The van der Waals surface area contributed by atoms with Crippen molar-refractivity contribution in [3.8, 4) is 0 Å². The maximum Gasteiger partial charge on any atom is 0.408 e. The van der Waals surface area contributed by atoms with Crippen LogP contribution >= 0.6 is 0 Å². The van der Waals surface area contributed by atoms with E-state index in [1.165, 1.54) is 0 Å². The minimum Gasteiger partial charge on any atom is -0.458 e. The average Bonchev–Trinajstić information content (AvgIpc) is 2.70. The van der Waals surface area contributed by atoms with Crippen LogP contribution < -0.4 is 5.32 Å². The minimum atomic E-state index is -1.12. The molecule has 0 bridgehead atoms. The van der Waals surface area contributed by atoms with E-state index in [1.807, 2.05) is 0 Å². The highest BCUT2D eigenvalue weighted by Crippen LogP contribution is 2.43. The average molecular weight is 269 g/mol. The number of ether oxygens (including phenoxy) is 2. The Morgan fingerprint density at radius 3 is 1.84 bits per heavy atom. The van der Waals surface area contributed by atoms with Crippen LogP contribution in [0.25, 0.3) is 0 Å². The highest BCUT2D eigenvalue weighted by Gasteiger charge is 2.58. The van der Waals surface area contributed by atoms with E-state index >= 15 is 0 Å². The predicted octanol–water partition coefficient (Wildman–Crippen LogP) is 2.55. The summed E-state index contributed by atoms with van der Waals surface area (Å²) in [6.45, 7) is 14.3. The summed E-state index contributed by atoms with van der Waals surface area (Å²) in [5, 5.41) is 2.56. The van der Waals surface area contributed by atoms with Crippen molar-refractivity contribution in [2.24, 2.45) is 0 Å². The highest BCUT2D eigenvalue weighted by atomic mass is 16.6. The van der Waals surface area contributed by atoms with Gasteiger partial charge in [0, 0.05) is 6.42 Å². The predicted molar refractivity (Wildman–Crippen MR) is 71.7 cm³/mol. The summed E-state index contributed by atoms with van der Waals surface area (Å²) in [6, 6.07) is 0. The third kappa shape index (κ3) is 4.26. The van der Waals surface area contributed by atoms with Crippen molar-refractivity contribution >= 4 is 12.1 Å². The fraction of sp³-hybridized carbons (Fsp3) is 0.714. The molecule has 0 aromatic heterocycles. The Hall–Kier alpha value is -1.52. The summed E-state index contributed by atoms with van der Waals surface area (Å²) in [6.07, 6.45) is -0.252.